The highest BCUT2D eigenvalue weighted by atomic mass is 19.1. The second-order valence-corrected chi connectivity index (χ2v) is 6.45. The molecule has 3 rings (SSSR count). The summed E-state index contributed by atoms with van der Waals surface area (Å²) < 4.78 is 13.7. The number of carbonyl (C=O) groups excluding carboxylic acids is 1. The molecule has 1 aliphatic heterocycles. The Balaban J connectivity index is 1.98. The molecule has 0 spiro atoms. The van der Waals surface area contributed by atoms with Gasteiger partial charge in [0.25, 0.3) is 0 Å². The highest BCUT2D eigenvalue weighted by molar-refractivity contribution is 5.77. The van der Waals surface area contributed by atoms with Gasteiger partial charge in [-0.2, -0.15) is 0 Å². The number of nitrogen functional groups attached to an aromatic ring is 1. The summed E-state index contributed by atoms with van der Waals surface area (Å²) in [5.41, 5.74) is 8.02. The van der Waals surface area contributed by atoms with Crippen molar-refractivity contribution in [1.29, 1.82) is 0 Å². The van der Waals surface area contributed by atoms with Gasteiger partial charge in [-0.15, -0.1) is 0 Å². The predicted octanol–water partition coefficient (Wildman–Crippen LogP) is 2.09. The largest absolute Gasteiger partial charge is 0.368 e. The van der Waals surface area contributed by atoms with Gasteiger partial charge in [0.05, 0.1) is 18.3 Å². The number of benzene rings is 1. The third kappa shape index (κ3) is 3.76. The number of likely N-dealkylation sites (N-methyl/N-ethyl adjacent to an activating group) is 1. The van der Waals surface area contributed by atoms with Gasteiger partial charge < -0.3 is 10.6 Å². The van der Waals surface area contributed by atoms with Crippen LogP contribution in [0, 0.1) is 5.82 Å². The normalized spacial score (nSPS) is 17.6. The molecule has 1 aromatic heterocycles. The number of nitrogens with zero attached hydrogens (tertiary/aromatic N) is 4. The first-order valence-corrected chi connectivity index (χ1v) is 8.28. The summed E-state index contributed by atoms with van der Waals surface area (Å²) in [4.78, 5) is 24.3. The van der Waals surface area contributed by atoms with Crippen molar-refractivity contribution in [2.45, 2.75) is 18.9 Å². The first kappa shape index (κ1) is 17.3. The van der Waals surface area contributed by atoms with Gasteiger partial charge in [0.2, 0.25) is 11.9 Å². The zero-order valence-electron chi connectivity index (χ0n) is 14.4. The highest BCUT2D eigenvalue weighted by Gasteiger charge is 2.31. The zero-order chi connectivity index (χ0) is 18.0. The molecule has 132 valence electrons. The van der Waals surface area contributed by atoms with E-state index in [1.165, 1.54) is 12.1 Å². The summed E-state index contributed by atoms with van der Waals surface area (Å²) in [7, 11) is 3.49. The van der Waals surface area contributed by atoms with Crippen LogP contribution in [0.3, 0.4) is 0 Å². The predicted molar refractivity (Wildman–Crippen MR) is 94.1 cm³/mol. The van der Waals surface area contributed by atoms with E-state index in [4.69, 9.17) is 5.73 Å². The SMILES string of the molecule is CN(C)C(=O)CN1CCCC1c1nc(N)ncc1-c1cccc(F)c1. The van der Waals surface area contributed by atoms with Crippen LogP contribution in [0.5, 0.6) is 0 Å². The van der Waals surface area contributed by atoms with E-state index in [1.54, 1.807) is 31.3 Å². The van der Waals surface area contributed by atoms with Crippen molar-refractivity contribution in [3.63, 3.8) is 0 Å². The Morgan fingerprint density at radius 2 is 2.24 bits per heavy atom. The van der Waals surface area contributed by atoms with E-state index < -0.39 is 0 Å². The number of rotatable bonds is 4. The fourth-order valence-electron chi connectivity index (χ4n) is 3.18. The molecule has 6 nitrogen and oxygen atoms in total. The van der Waals surface area contributed by atoms with Crippen molar-refractivity contribution in [3.05, 3.63) is 42.0 Å². The van der Waals surface area contributed by atoms with Gasteiger partial charge in [-0.25, -0.2) is 14.4 Å². The van der Waals surface area contributed by atoms with E-state index >= 15 is 0 Å². The number of hydrogen-bond donors (Lipinski definition) is 1. The number of hydrogen-bond acceptors (Lipinski definition) is 5. The number of aromatic nitrogens is 2. The molecule has 1 aliphatic rings. The maximum Gasteiger partial charge on any atom is 0.236 e. The van der Waals surface area contributed by atoms with E-state index in [1.807, 2.05) is 6.07 Å². The van der Waals surface area contributed by atoms with E-state index in [9.17, 15) is 9.18 Å². The van der Waals surface area contributed by atoms with Crippen LogP contribution in [0.15, 0.2) is 30.5 Å². The molecule has 0 radical (unpaired) electrons. The van der Waals surface area contributed by atoms with Crippen LogP contribution in [-0.4, -0.2) is 52.9 Å². The van der Waals surface area contributed by atoms with Crippen molar-refractivity contribution in [2.24, 2.45) is 0 Å². The van der Waals surface area contributed by atoms with Crippen molar-refractivity contribution in [1.82, 2.24) is 19.8 Å². The lowest BCUT2D eigenvalue weighted by atomic mass is 9.99. The molecule has 1 unspecified atom stereocenters. The second-order valence-electron chi connectivity index (χ2n) is 6.45. The van der Waals surface area contributed by atoms with Gasteiger partial charge in [0.1, 0.15) is 5.82 Å². The van der Waals surface area contributed by atoms with Crippen LogP contribution in [0.1, 0.15) is 24.6 Å². The summed E-state index contributed by atoms with van der Waals surface area (Å²) in [5, 5.41) is 0. The van der Waals surface area contributed by atoms with Crippen molar-refractivity contribution in [2.75, 3.05) is 32.9 Å². The maximum atomic E-state index is 13.7. The number of nitrogens with two attached hydrogens (primary N) is 1. The van der Waals surface area contributed by atoms with Crippen LogP contribution in [0.4, 0.5) is 10.3 Å². The van der Waals surface area contributed by atoms with Gasteiger partial charge >= 0.3 is 0 Å². The topological polar surface area (TPSA) is 75.4 Å². The van der Waals surface area contributed by atoms with Crippen LogP contribution in [0.2, 0.25) is 0 Å². The van der Waals surface area contributed by atoms with Crippen LogP contribution in [0.25, 0.3) is 11.1 Å². The van der Waals surface area contributed by atoms with E-state index in [2.05, 4.69) is 14.9 Å². The molecular formula is C18H22FN5O. The molecule has 2 N–H and O–H groups in total. The first-order chi connectivity index (χ1) is 12.0. The smallest absolute Gasteiger partial charge is 0.236 e. The molecule has 1 saturated heterocycles. The Kier molecular flexibility index (Phi) is 4.94. The number of anilines is 1. The van der Waals surface area contributed by atoms with Gasteiger partial charge in [0, 0.05) is 25.9 Å². The minimum Gasteiger partial charge on any atom is -0.368 e. The Hall–Kier alpha value is -2.54. The van der Waals surface area contributed by atoms with Gasteiger partial charge in [-0.05, 0) is 37.1 Å². The monoisotopic (exact) mass is 343 g/mol. The van der Waals surface area contributed by atoms with Crippen LogP contribution < -0.4 is 5.73 Å². The molecule has 0 bridgehead atoms. The third-order valence-electron chi connectivity index (χ3n) is 4.49. The summed E-state index contributed by atoms with van der Waals surface area (Å²) in [6.45, 7) is 1.14. The lowest BCUT2D eigenvalue weighted by Gasteiger charge is -2.26. The molecule has 25 heavy (non-hydrogen) atoms. The molecule has 1 aromatic carbocycles. The van der Waals surface area contributed by atoms with E-state index in [-0.39, 0.29) is 23.7 Å². The molecule has 7 heteroatoms. The van der Waals surface area contributed by atoms with Crippen molar-refractivity contribution in [3.8, 4) is 11.1 Å². The second kappa shape index (κ2) is 7.14. The average molecular weight is 343 g/mol. The lowest BCUT2D eigenvalue weighted by Crippen LogP contribution is -2.36. The van der Waals surface area contributed by atoms with E-state index in [0.29, 0.717) is 12.1 Å². The highest BCUT2D eigenvalue weighted by Crippen LogP contribution is 2.36. The molecule has 0 aliphatic carbocycles. The van der Waals surface area contributed by atoms with Gasteiger partial charge in [0.15, 0.2) is 0 Å². The first-order valence-electron chi connectivity index (χ1n) is 8.28. The fourth-order valence-corrected chi connectivity index (χ4v) is 3.18. The number of carbonyl (C=O) groups is 1. The zero-order valence-corrected chi connectivity index (χ0v) is 14.4. The Bertz CT molecular complexity index is 780. The maximum absolute atomic E-state index is 13.7. The Morgan fingerprint density at radius 1 is 1.44 bits per heavy atom. The quantitative estimate of drug-likeness (QED) is 0.920. The minimum atomic E-state index is -0.314. The lowest BCUT2D eigenvalue weighted by molar-refractivity contribution is -0.130. The number of amides is 1. The molecule has 2 aromatic rings. The summed E-state index contributed by atoms with van der Waals surface area (Å²) in [6.07, 6.45) is 3.48. The number of likely N-dealkylation sites (tertiary alicyclic amines) is 1. The van der Waals surface area contributed by atoms with Crippen molar-refractivity contribution >= 4 is 11.9 Å². The van der Waals surface area contributed by atoms with Gasteiger partial charge in [-0.1, -0.05) is 12.1 Å². The van der Waals surface area contributed by atoms with Crippen LogP contribution >= 0.6 is 0 Å². The molecule has 0 saturated carbocycles. The standard InChI is InChI=1S/C18H22FN5O/c1-23(2)16(25)11-24-8-4-7-15(24)17-14(10-21-18(20)22-17)12-5-3-6-13(19)9-12/h3,5-6,9-10,15H,4,7-8,11H2,1-2H3,(H2,20,21,22). The summed E-state index contributed by atoms with van der Waals surface area (Å²) >= 11 is 0. The summed E-state index contributed by atoms with van der Waals surface area (Å²) in [6, 6.07) is 6.31. The molecule has 1 atom stereocenters. The average Bonchev–Trinajstić information content (AvgIpc) is 3.02. The van der Waals surface area contributed by atoms with Gasteiger partial charge in [-0.3, -0.25) is 9.69 Å². The fraction of sp³-hybridized carbons (Fsp3) is 0.389. The molecular weight excluding hydrogens is 321 g/mol. The van der Waals surface area contributed by atoms with E-state index in [0.717, 1.165) is 30.6 Å². The molecule has 2 heterocycles. The Labute approximate surface area is 146 Å². The number of halogens is 1. The van der Waals surface area contributed by atoms with Crippen molar-refractivity contribution < 1.29 is 9.18 Å². The Morgan fingerprint density at radius 3 is 2.96 bits per heavy atom. The molecule has 1 fully saturated rings. The minimum absolute atomic E-state index is 0.0348. The molecule has 1 amide bonds. The van der Waals surface area contributed by atoms with Crippen LogP contribution in [-0.2, 0) is 4.79 Å². The third-order valence-corrected chi connectivity index (χ3v) is 4.49. The summed E-state index contributed by atoms with van der Waals surface area (Å²) in [5.74, 6) is -0.0893.